The van der Waals surface area contributed by atoms with Crippen LogP contribution >= 0.6 is 15.9 Å². The van der Waals surface area contributed by atoms with Crippen LogP contribution in [0.2, 0.25) is 0 Å². The molecule has 2 rings (SSSR count). The molecule has 0 aliphatic heterocycles. The molecule has 2 N–H and O–H groups in total. The molecule has 0 radical (unpaired) electrons. The number of hydrogen-bond donors (Lipinski definition) is 2. The fourth-order valence-corrected chi connectivity index (χ4v) is 1.56. The molecule has 0 amide bonds. The van der Waals surface area contributed by atoms with Crippen molar-refractivity contribution < 1.29 is 14.6 Å². The van der Waals surface area contributed by atoms with Crippen molar-refractivity contribution in [2.75, 3.05) is 0 Å². The smallest absolute Gasteiger partial charge is 0.311 e. The normalized spacial score (nSPS) is 10.3. The highest BCUT2D eigenvalue weighted by Gasteiger charge is 2.07. The Bertz CT molecular complexity index is 539. The van der Waals surface area contributed by atoms with Crippen LogP contribution in [-0.2, 0) is 17.8 Å². The quantitative estimate of drug-likeness (QED) is 0.878. The van der Waals surface area contributed by atoms with E-state index in [4.69, 9.17) is 9.84 Å². The average Bonchev–Trinajstić information content (AvgIpc) is 2.75. The number of aromatic nitrogens is 3. The molecule has 0 atom stereocenters. The summed E-state index contributed by atoms with van der Waals surface area (Å²) in [4.78, 5) is 14.5. The number of carbonyl (C=O) groups is 1. The van der Waals surface area contributed by atoms with E-state index in [1.54, 1.807) is 0 Å². The van der Waals surface area contributed by atoms with Crippen LogP contribution in [0.25, 0.3) is 0 Å². The summed E-state index contributed by atoms with van der Waals surface area (Å²) in [5.41, 5.74) is 0. The highest BCUT2D eigenvalue weighted by Crippen LogP contribution is 2.16. The van der Waals surface area contributed by atoms with Crippen molar-refractivity contribution in [3.63, 3.8) is 0 Å². The van der Waals surface area contributed by atoms with Gasteiger partial charge in [0, 0.05) is 4.47 Å². The molecule has 0 unspecified atom stereocenters. The Morgan fingerprint density at radius 3 is 2.78 bits per heavy atom. The molecule has 0 fully saturated rings. The van der Waals surface area contributed by atoms with Crippen molar-refractivity contribution in [2.45, 2.75) is 13.0 Å². The number of carboxylic acid groups (broad SMARTS) is 1. The van der Waals surface area contributed by atoms with E-state index in [9.17, 15) is 4.79 Å². The number of nitrogens with one attached hydrogen (secondary N) is 1. The molecule has 1 aromatic carbocycles. The van der Waals surface area contributed by atoms with Gasteiger partial charge in [-0.1, -0.05) is 15.9 Å². The van der Waals surface area contributed by atoms with Gasteiger partial charge in [-0.25, -0.2) is 4.98 Å². The SMILES string of the molecule is O=C(O)Cc1n[nH]c(COc2ccc(Br)cc2)n1. The lowest BCUT2D eigenvalue weighted by Gasteiger charge is -2.03. The molecule has 1 heterocycles. The first-order valence-corrected chi connectivity index (χ1v) is 5.93. The van der Waals surface area contributed by atoms with E-state index in [0.717, 1.165) is 4.47 Å². The second kappa shape index (κ2) is 5.63. The molecule has 0 saturated heterocycles. The number of ether oxygens (including phenoxy) is 1. The van der Waals surface area contributed by atoms with E-state index in [-0.39, 0.29) is 18.9 Å². The molecule has 0 bridgehead atoms. The molecule has 7 heteroatoms. The third-order valence-electron chi connectivity index (χ3n) is 2.08. The van der Waals surface area contributed by atoms with Gasteiger partial charge in [0.25, 0.3) is 0 Å². The number of aromatic amines is 1. The van der Waals surface area contributed by atoms with Gasteiger partial charge in [0.2, 0.25) is 0 Å². The van der Waals surface area contributed by atoms with Gasteiger partial charge in [-0.2, -0.15) is 5.10 Å². The van der Waals surface area contributed by atoms with Gasteiger partial charge < -0.3 is 9.84 Å². The summed E-state index contributed by atoms with van der Waals surface area (Å²) in [5.74, 6) is 0.481. The van der Waals surface area contributed by atoms with Crippen molar-refractivity contribution in [3.05, 3.63) is 40.4 Å². The molecule has 6 nitrogen and oxygen atoms in total. The Hall–Kier alpha value is -1.89. The predicted octanol–water partition coefficient (Wildman–Crippen LogP) is 1.77. The van der Waals surface area contributed by atoms with Crippen LogP contribution in [-0.4, -0.2) is 26.3 Å². The Balaban J connectivity index is 1.92. The van der Waals surface area contributed by atoms with Gasteiger partial charge in [-0.15, -0.1) is 0 Å². The van der Waals surface area contributed by atoms with E-state index in [1.807, 2.05) is 24.3 Å². The molecule has 0 aliphatic rings. The summed E-state index contributed by atoms with van der Waals surface area (Å²) in [6.45, 7) is 0.217. The summed E-state index contributed by atoms with van der Waals surface area (Å²) < 4.78 is 6.43. The first kappa shape index (κ1) is 12.6. The lowest BCUT2D eigenvalue weighted by atomic mass is 10.3. The topological polar surface area (TPSA) is 88.1 Å². The molecular weight excluding hydrogens is 302 g/mol. The second-order valence-electron chi connectivity index (χ2n) is 3.51. The van der Waals surface area contributed by atoms with Crippen molar-refractivity contribution in [3.8, 4) is 5.75 Å². The predicted molar refractivity (Wildman–Crippen MR) is 66.2 cm³/mol. The second-order valence-corrected chi connectivity index (χ2v) is 4.43. The Labute approximate surface area is 111 Å². The standard InChI is InChI=1S/C11H10BrN3O3/c12-7-1-3-8(4-2-7)18-6-10-13-9(14-15-10)5-11(16)17/h1-4H,5-6H2,(H,16,17)(H,13,14,15). The number of halogens is 1. The zero-order chi connectivity index (χ0) is 13.0. The van der Waals surface area contributed by atoms with Gasteiger partial charge >= 0.3 is 5.97 Å². The van der Waals surface area contributed by atoms with E-state index in [0.29, 0.717) is 11.6 Å². The fraction of sp³-hybridized carbons (Fsp3) is 0.182. The first-order valence-electron chi connectivity index (χ1n) is 5.14. The van der Waals surface area contributed by atoms with Crippen LogP contribution in [0.3, 0.4) is 0 Å². The summed E-state index contributed by atoms with van der Waals surface area (Å²) in [7, 11) is 0. The molecule has 18 heavy (non-hydrogen) atoms. The third-order valence-corrected chi connectivity index (χ3v) is 2.61. The lowest BCUT2D eigenvalue weighted by molar-refractivity contribution is -0.136. The highest BCUT2D eigenvalue weighted by atomic mass is 79.9. The van der Waals surface area contributed by atoms with E-state index < -0.39 is 5.97 Å². The van der Waals surface area contributed by atoms with E-state index >= 15 is 0 Å². The minimum Gasteiger partial charge on any atom is -0.486 e. The number of hydrogen-bond acceptors (Lipinski definition) is 4. The van der Waals surface area contributed by atoms with Crippen LogP contribution in [0.1, 0.15) is 11.6 Å². The van der Waals surface area contributed by atoms with Crippen molar-refractivity contribution in [1.82, 2.24) is 15.2 Å². The Morgan fingerprint density at radius 1 is 1.39 bits per heavy atom. The minimum atomic E-state index is -0.964. The zero-order valence-electron chi connectivity index (χ0n) is 9.26. The summed E-state index contributed by atoms with van der Waals surface area (Å²) in [6, 6.07) is 7.37. The van der Waals surface area contributed by atoms with Crippen molar-refractivity contribution >= 4 is 21.9 Å². The van der Waals surface area contributed by atoms with Crippen LogP contribution < -0.4 is 4.74 Å². The number of aliphatic carboxylic acids is 1. The van der Waals surface area contributed by atoms with Gasteiger partial charge in [0.15, 0.2) is 11.6 Å². The zero-order valence-corrected chi connectivity index (χ0v) is 10.8. The number of rotatable bonds is 5. The molecule has 0 saturated carbocycles. The van der Waals surface area contributed by atoms with Gasteiger partial charge in [0.05, 0.1) is 0 Å². The largest absolute Gasteiger partial charge is 0.486 e. The molecular formula is C11H10BrN3O3. The van der Waals surface area contributed by atoms with Crippen LogP contribution in [0, 0.1) is 0 Å². The van der Waals surface area contributed by atoms with E-state index in [1.165, 1.54) is 0 Å². The lowest BCUT2D eigenvalue weighted by Crippen LogP contribution is -2.02. The maximum Gasteiger partial charge on any atom is 0.311 e. The third kappa shape index (κ3) is 3.56. The number of benzene rings is 1. The van der Waals surface area contributed by atoms with E-state index in [2.05, 4.69) is 31.1 Å². The summed E-state index contributed by atoms with van der Waals surface area (Å²) in [5, 5.41) is 15.0. The van der Waals surface area contributed by atoms with Crippen LogP contribution in [0.15, 0.2) is 28.7 Å². The molecule has 2 aromatic rings. The molecule has 1 aromatic heterocycles. The highest BCUT2D eigenvalue weighted by molar-refractivity contribution is 9.10. The van der Waals surface area contributed by atoms with Crippen LogP contribution in [0.5, 0.6) is 5.75 Å². The maximum atomic E-state index is 10.5. The Kier molecular flexibility index (Phi) is 3.93. The summed E-state index contributed by atoms with van der Waals surface area (Å²) >= 11 is 3.33. The number of carboxylic acids is 1. The van der Waals surface area contributed by atoms with Crippen molar-refractivity contribution in [2.24, 2.45) is 0 Å². The van der Waals surface area contributed by atoms with Crippen LogP contribution in [0.4, 0.5) is 0 Å². The fourth-order valence-electron chi connectivity index (χ4n) is 1.30. The average molecular weight is 312 g/mol. The molecule has 94 valence electrons. The van der Waals surface area contributed by atoms with Gasteiger partial charge in [0.1, 0.15) is 18.8 Å². The monoisotopic (exact) mass is 311 g/mol. The summed E-state index contributed by atoms with van der Waals surface area (Å²) in [6.07, 6.45) is -0.200. The first-order chi connectivity index (χ1) is 8.63. The molecule has 0 spiro atoms. The molecule has 0 aliphatic carbocycles. The van der Waals surface area contributed by atoms with Gasteiger partial charge in [-0.05, 0) is 24.3 Å². The number of nitrogens with zero attached hydrogens (tertiary/aromatic N) is 2. The van der Waals surface area contributed by atoms with Gasteiger partial charge in [-0.3, -0.25) is 9.89 Å². The minimum absolute atomic E-state index is 0.200. The number of H-pyrrole nitrogens is 1. The van der Waals surface area contributed by atoms with Crippen molar-refractivity contribution in [1.29, 1.82) is 0 Å². The maximum absolute atomic E-state index is 10.5. The Morgan fingerprint density at radius 2 is 2.11 bits per heavy atom.